The van der Waals surface area contributed by atoms with Crippen molar-refractivity contribution in [1.29, 1.82) is 0 Å². The molecule has 1 unspecified atom stereocenters. The van der Waals surface area contributed by atoms with E-state index in [1.165, 1.54) is 0 Å². The Morgan fingerprint density at radius 3 is 2.17 bits per heavy atom. The van der Waals surface area contributed by atoms with E-state index in [9.17, 15) is 5.11 Å². The maximum atomic E-state index is 10.1. The highest BCUT2D eigenvalue weighted by molar-refractivity contribution is 5.87. The van der Waals surface area contributed by atoms with Gasteiger partial charge in [-0.2, -0.15) is 0 Å². The van der Waals surface area contributed by atoms with Crippen molar-refractivity contribution in [2.45, 2.75) is 19.6 Å². The summed E-state index contributed by atoms with van der Waals surface area (Å²) in [5.74, 6) is 0. The molecular formula is C16H17NO. The Labute approximate surface area is 108 Å². The van der Waals surface area contributed by atoms with Crippen molar-refractivity contribution in [3.05, 3.63) is 71.8 Å². The van der Waals surface area contributed by atoms with Gasteiger partial charge in [0.2, 0.25) is 0 Å². The summed E-state index contributed by atoms with van der Waals surface area (Å²) in [6.45, 7) is 2.47. The van der Waals surface area contributed by atoms with Gasteiger partial charge in [0.15, 0.2) is 0 Å². The molecule has 0 fully saturated rings. The highest BCUT2D eigenvalue weighted by Gasteiger charge is 2.09. The van der Waals surface area contributed by atoms with Crippen molar-refractivity contribution in [3.63, 3.8) is 0 Å². The van der Waals surface area contributed by atoms with E-state index in [0.717, 1.165) is 16.8 Å². The normalized spacial score (nSPS) is 13.3. The first-order valence-electron chi connectivity index (χ1n) is 6.05. The van der Waals surface area contributed by atoms with Gasteiger partial charge in [0.25, 0.3) is 0 Å². The third-order valence-corrected chi connectivity index (χ3v) is 2.86. The number of aliphatic hydroxyl groups excluding tert-OH is 1. The molecule has 92 valence electrons. The fourth-order valence-electron chi connectivity index (χ4n) is 1.76. The predicted molar refractivity (Wildman–Crippen MR) is 74.7 cm³/mol. The molecule has 2 heteroatoms. The molecule has 0 amide bonds. The molecule has 0 aromatic heterocycles. The summed E-state index contributed by atoms with van der Waals surface area (Å²) in [4.78, 5) is 4.44. The van der Waals surface area contributed by atoms with Crippen molar-refractivity contribution in [3.8, 4) is 0 Å². The van der Waals surface area contributed by atoms with Crippen LogP contribution in [0, 0.1) is 0 Å². The van der Waals surface area contributed by atoms with Crippen molar-refractivity contribution in [1.82, 2.24) is 0 Å². The molecule has 0 aliphatic rings. The smallest absolute Gasteiger partial charge is 0.116 e. The van der Waals surface area contributed by atoms with Gasteiger partial charge in [0.1, 0.15) is 6.10 Å². The molecule has 18 heavy (non-hydrogen) atoms. The summed E-state index contributed by atoms with van der Waals surface area (Å²) >= 11 is 0. The van der Waals surface area contributed by atoms with Crippen LogP contribution in [0.3, 0.4) is 0 Å². The summed E-state index contributed by atoms with van der Waals surface area (Å²) in [7, 11) is 0. The highest BCUT2D eigenvalue weighted by Crippen LogP contribution is 2.14. The average Bonchev–Trinajstić information content (AvgIpc) is 2.46. The number of rotatable bonds is 4. The lowest BCUT2D eigenvalue weighted by Crippen LogP contribution is -2.08. The van der Waals surface area contributed by atoms with Crippen LogP contribution in [0.5, 0.6) is 0 Å². The monoisotopic (exact) mass is 239 g/mol. The Bertz CT molecular complexity index is 505. The third kappa shape index (κ3) is 3.28. The minimum atomic E-state index is -0.616. The molecule has 2 aromatic rings. The van der Waals surface area contributed by atoms with E-state index in [0.29, 0.717) is 6.54 Å². The summed E-state index contributed by atoms with van der Waals surface area (Å²) in [5, 5.41) is 10.1. The van der Waals surface area contributed by atoms with Gasteiger partial charge < -0.3 is 5.11 Å². The lowest BCUT2D eigenvalue weighted by molar-refractivity contribution is 0.246. The van der Waals surface area contributed by atoms with Crippen LogP contribution < -0.4 is 0 Å². The molecule has 0 aliphatic heterocycles. The van der Waals surface area contributed by atoms with Crippen molar-refractivity contribution in [2.75, 3.05) is 0 Å². The first-order chi connectivity index (χ1) is 8.77. The highest BCUT2D eigenvalue weighted by atomic mass is 16.3. The average molecular weight is 239 g/mol. The standard InChI is InChI=1S/C16H17NO/c1-13(16(18)15-10-6-3-7-11-15)17-12-14-8-4-2-5-9-14/h2-11,16,18H,12H2,1H3. The number of aliphatic imine (C=N–C) groups is 1. The fraction of sp³-hybridized carbons (Fsp3) is 0.188. The second kappa shape index (κ2) is 6.12. The van der Waals surface area contributed by atoms with Crippen LogP contribution in [0.1, 0.15) is 24.2 Å². The van der Waals surface area contributed by atoms with E-state index in [1.807, 2.05) is 67.6 Å². The zero-order valence-electron chi connectivity index (χ0n) is 10.5. The Balaban J connectivity index is 2.05. The SMILES string of the molecule is CC(=NCc1ccccc1)C(O)c1ccccc1. The molecule has 0 radical (unpaired) electrons. The maximum absolute atomic E-state index is 10.1. The van der Waals surface area contributed by atoms with E-state index in [1.54, 1.807) is 0 Å². The summed E-state index contributed by atoms with van der Waals surface area (Å²) in [6.07, 6.45) is -0.616. The van der Waals surface area contributed by atoms with Gasteiger partial charge >= 0.3 is 0 Å². The van der Waals surface area contributed by atoms with E-state index in [-0.39, 0.29) is 0 Å². The molecule has 0 bridgehead atoms. The topological polar surface area (TPSA) is 32.6 Å². The molecule has 2 rings (SSSR count). The van der Waals surface area contributed by atoms with E-state index < -0.39 is 6.10 Å². The van der Waals surface area contributed by atoms with Crippen LogP contribution in [0.2, 0.25) is 0 Å². The zero-order chi connectivity index (χ0) is 12.8. The van der Waals surface area contributed by atoms with Crippen LogP contribution in [0.4, 0.5) is 0 Å². The molecule has 2 aromatic carbocycles. The quantitative estimate of drug-likeness (QED) is 0.815. The van der Waals surface area contributed by atoms with E-state index >= 15 is 0 Å². The molecule has 0 saturated carbocycles. The second-order valence-electron chi connectivity index (χ2n) is 4.26. The number of hydrogen-bond acceptors (Lipinski definition) is 2. The molecular weight excluding hydrogens is 222 g/mol. The van der Waals surface area contributed by atoms with E-state index in [4.69, 9.17) is 0 Å². The van der Waals surface area contributed by atoms with E-state index in [2.05, 4.69) is 4.99 Å². The molecule has 1 atom stereocenters. The number of benzene rings is 2. The van der Waals surface area contributed by atoms with Crippen LogP contribution in [-0.2, 0) is 6.54 Å². The molecule has 2 nitrogen and oxygen atoms in total. The number of hydrogen-bond donors (Lipinski definition) is 1. The third-order valence-electron chi connectivity index (χ3n) is 2.86. The molecule has 0 aliphatic carbocycles. The fourth-order valence-corrected chi connectivity index (χ4v) is 1.76. The van der Waals surface area contributed by atoms with Crippen LogP contribution in [0.15, 0.2) is 65.7 Å². The number of aliphatic hydroxyl groups is 1. The van der Waals surface area contributed by atoms with Crippen molar-refractivity contribution >= 4 is 5.71 Å². The van der Waals surface area contributed by atoms with Gasteiger partial charge in [-0.15, -0.1) is 0 Å². The number of nitrogens with zero attached hydrogens (tertiary/aromatic N) is 1. The first kappa shape index (κ1) is 12.5. The Morgan fingerprint density at radius 2 is 1.56 bits per heavy atom. The van der Waals surface area contributed by atoms with Crippen LogP contribution in [0.25, 0.3) is 0 Å². The van der Waals surface area contributed by atoms with Crippen LogP contribution in [-0.4, -0.2) is 10.8 Å². The Hall–Kier alpha value is -1.93. The lowest BCUT2D eigenvalue weighted by Gasteiger charge is -2.10. The van der Waals surface area contributed by atoms with Gasteiger partial charge in [0.05, 0.1) is 6.54 Å². The Morgan fingerprint density at radius 1 is 1.00 bits per heavy atom. The maximum Gasteiger partial charge on any atom is 0.116 e. The Kier molecular flexibility index (Phi) is 4.26. The molecule has 0 heterocycles. The van der Waals surface area contributed by atoms with Gasteiger partial charge in [-0.05, 0) is 18.1 Å². The summed E-state index contributed by atoms with van der Waals surface area (Å²) in [6, 6.07) is 19.6. The van der Waals surface area contributed by atoms with Gasteiger partial charge in [0, 0.05) is 5.71 Å². The zero-order valence-corrected chi connectivity index (χ0v) is 10.5. The van der Waals surface area contributed by atoms with Crippen LogP contribution >= 0.6 is 0 Å². The minimum absolute atomic E-state index is 0.608. The van der Waals surface area contributed by atoms with Gasteiger partial charge in [-0.1, -0.05) is 60.7 Å². The predicted octanol–water partition coefficient (Wildman–Crippen LogP) is 3.38. The second-order valence-corrected chi connectivity index (χ2v) is 4.26. The van der Waals surface area contributed by atoms with Crippen molar-refractivity contribution < 1.29 is 5.11 Å². The molecule has 0 spiro atoms. The molecule has 1 N–H and O–H groups in total. The first-order valence-corrected chi connectivity index (χ1v) is 6.05. The summed E-state index contributed by atoms with van der Waals surface area (Å²) in [5.41, 5.74) is 2.77. The van der Waals surface area contributed by atoms with Gasteiger partial charge in [-0.3, -0.25) is 4.99 Å². The minimum Gasteiger partial charge on any atom is -0.382 e. The lowest BCUT2D eigenvalue weighted by atomic mass is 10.1. The van der Waals surface area contributed by atoms with Gasteiger partial charge in [-0.25, -0.2) is 0 Å². The molecule has 0 saturated heterocycles. The summed E-state index contributed by atoms with van der Waals surface area (Å²) < 4.78 is 0. The van der Waals surface area contributed by atoms with Crippen molar-refractivity contribution in [2.24, 2.45) is 4.99 Å². The largest absolute Gasteiger partial charge is 0.382 e.